The molecule has 0 amide bonds. The van der Waals surface area contributed by atoms with E-state index in [1.807, 2.05) is 30.0 Å². The van der Waals surface area contributed by atoms with Gasteiger partial charge in [0.1, 0.15) is 5.75 Å². The molecule has 3 rings (SSSR count). The van der Waals surface area contributed by atoms with Crippen LogP contribution in [0, 0.1) is 0 Å². The number of hydrogen-bond acceptors (Lipinski definition) is 2. The summed E-state index contributed by atoms with van der Waals surface area (Å²) >= 11 is 1.99. The van der Waals surface area contributed by atoms with Gasteiger partial charge in [0.2, 0.25) is 0 Å². The Morgan fingerprint density at radius 2 is 1.72 bits per heavy atom. The summed E-state index contributed by atoms with van der Waals surface area (Å²) in [5.74, 6) is 0.931. The highest BCUT2D eigenvalue weighted by atomic mass is 32.2. The van der Waals surface area contributed by atoms with Crippen molar-refractivity contribution in [1.29, 1.82) is 0 Å². The minimum absolute atomic E-state index is 0.863. The number of benzene rings is 2. The number of thioether (sulfide) groups is 1. The summed E-state index contributed by atoms with van der Waals surface area (Å²) in [6.45, 7) is 0. The van der Waals surface area contributed by atoms with Crippen LogP contribution in [-0.4, -0.2) is 12.4 Å². The average Bonchev–Trinajstić information content (AvgIpc) is 3.24. The van der Waals surface area contributed by atoms with Crippen molar-refractivity contribution in [2.24, 2.45) is 0 Å². The van der Waals surface area contributed by atoms with Gasteiger partial charge in [-0.3, -0.25) is 0 Å². The first kappa shape index (κ1) is 11.7. The van der Waals surface area contributed by atoms with Crippen molar-refractivity contribution in [3.05, 3.63) is 48.5 Å². The van der Waals surface area contributed by atoms with Gasteiger partial charge in [-0.25, -0.2) is 0 Å². The summed E-state index contributed by atoms with van der Waals surface area (Å²) in [4.78, 5) is 1.37. The Bertz CT molecular complexity index is 529. The third kappa shape index (κ3) is 2.54. The molecule has 0 heterocycles. The summed E-state index contributed by atoms with van der Waals surface area (Å²) in [7, 11) is 1.72. The first-order valence-electron chi connectivity index (χ1n) is 6.27. The Balaban J connectivity index is 1.86. The van der Waals surface area contributed by atoms with Gasteiger partial charge in [0.05, 0.1) is 7.11 Å². The Hall–Kier alpha value is -1.41. The molecule has 0 aromatic heterocycles. The fourth-order valence-electron chi connectivity index (χ4n) is 1.97. The largest absolute Gasteiger partial charge is 0.496 e. The molecule has 0 bridgehead atoms. The van der Waals surface area contributed by atoms with Gasteiger partial charge in [0.25, 0.3) is 0 Å². The van der Waals surface area contributed by atoms with E-state index in [9.17, 15) is 0 Å². The zero-order valence-electron chi connectivity index (χ0n) is 10.4. The fourth-order valence-corrected chi connectivity index (χ4v) is 3.02. The van der Waals surface area contributed by atoms with Gasteiger partial charge in [0, 0.05) is 15.7 Å². The monoisotopic (exact) mass is 256 g/mol. The first-order chi connectivity index (χ1) is 8.86. The molecule has 0 spiro atoms. The van der Waals surface area contributed by atoms with E-state index in [0.29, 0.717) is 0 Å². The van der Waals surface area contributed by atoms with Gasteiger partial charge < -0.3 is 4.74 Å². The topological polar surface area (TPSA) is 9.23 Å². The summed E-state index contributed by atoms with van der Waals surface area (Å²) < 4.78 is 5.40. The summed E-state index contributed by atoms with van der Waals surface area (Å²) in [5.41, 5.74) is 2.37. The van der Waals surface area contributed by atoms with Gasteiger partial charge in [-0.2, -0.15) is 0 Å². The predicted molar refractivity (Wildman–Crippen MR) is 77.3 cm³/mol. The summed E-state index contributed by atoms with van der Waals surface area (Å²) in [5, 5.41) is 0.863. The molecular weight excluding hydrogens is 240 g/mol. The van der Waals surface area contributed by atoms with E-state index in [2.05, 4.69) is 30.3 Å². The van der Waals surface area contributed by atoms with Crippen LogP contribution in [0.25, 0.3) is 11.1 Å². The van der Waals surface area contributed by atoms with E-state index < -0.39 is 0 Å². The lowest BCUT2D eigenvalue weighted by Gasteiger charge is -2.08. The Morgan fingerprint density at radius 3 is 2.39 bits per heavy atom. The fraction of sp³-hybridized carbons (Fsp3) is 0.250. The van der Waals surface area contributed by atoms with Crippen LogP contribution in [0.2, 0.25) is 0 Å². The maximum absolute atomic E-state index is 5.40. The quantitative estimate of drug-likeness (QED) is 0.789. The van der Waals surface area contributed by atoms with E-state index in [1.165, 1.54) is 23.3 Å². The van der Waals surface area contributed by atoms with Crippen molar-refractivity contribution in [2.75, 3.05) is 7.11 Å². The Kier molecular flexibility index (Phi) is 3.28. The highest BCUT2D eigenvalue weighted by Gasteiger charge is 2.22. The highest BCUT2D eigenvalue weighted by molar-refractivity contribution is 8.00. The van der Waals surface area contributed by atoms with Gasteiger partial charge in [0.15, 0.2) is 0 Å². The van der Waals surface area contributed by atoms with Crippen LogP contribution in [0.1, 0.15) is 12.8 Å². The van der Waals surface area contributed by atoms with Crippen molar-refractivity contribution in [2.45, 2.75) is 23.0 Å². The number of rotatable bonds is 4. The smallest absolute Gasteiger partial charge is 0.126 e. The van der Waals surface area contributed by atoms with Gasteiger partial charge in [-0.15, -0.1) is 11.8 Å². The molecule has 18 heavy (non-hydrogen) atoms. The standard InChI is InChI=1S/C16H16OS/c1-17-16-5-3-2-4-15(16)12-6-8-13(9-7-12)18-14-10-11-14/h2-9,14H,10-11H2,1H3. The molecule has 92 valence electrons. The number of hydrogen-bond donors (Lipinski definition) is 0. The third-order valence-corrected chi connectivity index (χ3v) is 4.45. The maximum atomic E-state index is 5.40. The number of para-hydroxylation sites is 1. The molecular formula is C16H16OS. The molecule has 1 aliphatic rings. The Morgan fingerprint density at radius 1 is 1.00 bits per heavy atom. The van der Waals surface area contributed by atoms with E-state index >= 15 is 0 Å². The molecule has 0 saturated heterocycles. The van der Waals surface area contributed by atoms with Crippen LogP contribution < -0.4 is 4.74 Å². The molecule has 1 saturated carbocycles. The lowest BCUT2D eigenvalue weighted by molar-refractivity contribution is 0.416. The van der Waals surface area contributed by atoms with Crippen molar-refractivity contribution >= 4 is 11.8 Å². The molecule has 0 N–H and O–H groups in total. The van der Waals surface area contributed by atoms with Crippen LogP contribution in [0.5, 0.6) is 5.75 Å². The minimum Gasteiger partial charge on any atom is -0.496 e. The number of methoxy groups -OCH3 is 1. The van der Waals surface area contributed by atoms with Crippen molar-refractivity contribution in [3.8, 4) is 16.9 Å². The van der Waals surface area contributed by atoms with Crippen LogP contribution in [0.4, 0.5) is 0 Å². The zero-order valence-corrected chi connectivity index (χ0v) is 11.2. The SMILES string of the molecule is COc1ccccc1-c1ccc(SC2CC2)cc1. The summed E-state index contributed by atoms with van der Waals surface area (Å²) in [6, 6.07) is 16.9. The van der Waals surface area contributed by atoms with Crippen LogP contribution in [0.15, 0.2) is 53.4 Å². The van der Waals surface area contributed by atoms with E-state index in [0.717, 1.165) is 16.6 Å². The van der Waals surface area contributed by atoms with Crippen molar-refractivity contribution in [3.63, 3.8) is 0 Å². The average molecular weight is 256 g/mol. The second kappa shape index (κ2) is 5.07. The molecule has 0 radical (unpaired) electrons. The van der Waals surface area contributed by atoms with Crippen LogP contribution in [0.3, 0.4) is 0 Å². The molecule has 1 nitrogen and oxygen atoms in total. The van der Waals surface area contributed by atoms with E-state index in [-0.39, 0.29) is 0 Å². The van der Waals surface area contributed by atoms with Crippen molar-refractivity contribution in [1.82, 2.24) is 0 Å². The van der Waals surface area contributed by atoms with Crippen LogP contribution >= 0.6 is 11.8 Å². The second-order valence-electron chi connectivity index (χ2n) is 4.54. The molecule has 0 aliphatic heterocycles. The molecule has 0 unspecified atom stereocenters. The molecule has 2 heteroatoms. The third-order valence-electron chi connectivity index (χ3n) is 3.10. The highest BCUT2D eigenvalue weighted by Crippen LogP contribution is 2.40. The van der Waals surface area contributed by atoms with Crippen molar-refractivity contribution < 1.29 is 4.74 Å². The minimum atomic E-state index is 0.863. The van der Waals surface area contributed by atoms with Gasteiger partial charge >= 0.3 is 0 Å². The molecule has 1 fully saturated rings. The molecule has 2 aromatic rings. The van der Waals surface area contributed by atoms with Gasteiger partial charge in [-0.05, 0) is 36.6 Å². The Labute approximate surface area is 112 Å². The van der Waals surface area contributed by atoms with Gasteiger partial charge in [-0.1, -0.05) is 30.3 Å². The molecule has 1 aliphatic carbocycles. The molecule has 2 aromatic carbocycles. The van der Waals surface area contributed by atoms with E-state index in [4.69, 9.17) is 4.74 Å². The lowest BCUT2D eigenvalue weighted by Crippen LogP contribution is -1.87. The van der Waals surface area contributed by atoms with E-state index in [1.54, 1.807) is 7.11 Å². The van der Waals surface area contributed by atoms with Crippen LogP contribution in [-0.2, 0) is 0 Å². The second-order valence-corrected chi connectivity index (χ2v) is 5.92. The first-order valence-corrected chi connectivity index (χ1v) is 7.15. The predicted octanol–water partition coefficient (Wildman–Crippen LogP) is 4.62. The zero-order chi connectivity index (χ0) is 12.4. The summed E-state index contributed by atoms with van der Waals surface area (Å²) in [6.07, 6.45) is 2.75. The normalized spacial score (nSPS) is 14.5. The number of ether oxygens (including phenoxy) is 1. The molecule has 0 atom stereocenters. The lowest BCUT2D eigenvalue weighted by atomic mass is 10.1. The maximum Gasteiger partial charge on any atom is 0.126 e.